The standard InChI is InChI=1S/C19H24O3/c1-19(21,13-12-16-8-4-2-5-9-16)14-18(15-20)22-17-10-6-3-7-11-17/h2-11,18,20-21H,12-15H2,1H3. The summed E-state index contributed by atoms with van der Waals surface area (Å²) >= 11 is 0. The second-order valence-corrected chi connectivity index (χ2v) is 5.92. The molecular weight excluding hydrogens is 276 g/mol. The number of aliphatic hydroxyl groups excluding tert-OH is 1. The van der Waals surface area contributed by atoms with Crippen LogP contribution in [0.4, 0.5) is 0 Å². The van der Waals surface area contributed by atoms with Crippen LogP contribution in [-0.2, 0) is 6.42 Å². The van der Waals surface area contributed by atoms with Crippen LogP contribution in [0.3, 0.4) is 0 Å². The van der Waals surface area contributed by atoms with Gasteiger partial charge in [0, 0.05) is 6.42 Å². The van der Waals surface area contributed by atoms with Crippen LogP contribution in [0.2, 0.25) is 0 Å². The number of aliphatic hydroxyl groups is 2. The molecule has 2 atom stereocenters. The molecule has 2 unspecified atom stereocenters. The average Bonchev–Trinajstić information content (AvgIpc) is 2.54. The molecule has 0 aliphatic rings. The van der Waals surface area contributed by atoms with Gasteiger partial charge in [0.1, 0.15) is 11.9 Å². The van der Waals surface area contributed by atoms with E-state index in [4.69, 9.17) is 4.74 Å². The lowest BCUT2D eigenvalue weighted by molar-refractivity contribution is -0.0104. The van der Waals surface area contributed by atoms with Crippen LogP contribution in [0.15, 0.2) is 60.7 Å². The zero-order valence-electron chi connectivity index (χ0n) is 13.0. The van der Waals surface area contributed by atoms with E-state index < -0.39 is 11.7 Å². The van der Waals surface area contributed by atoms with Gasteiger partial charge in [-0.15, -0.1) is 0 Å². The van der Waals surface area contributed by atoms with Crippen molar-refractivity contribution in [1.29, 1.82) is 0 Å². The maximum Gasteiger partial charge on any atom is 0.124 e. The molecule has 0 spiro atoms. The van der Waals surface area contributed by atoms with Gasteiger partial charge in [-0.2, -0.15) is 0 Å². The maximum absolute atomic E-state index is 10.6. The van der Waals surface area contributed by atoms with E-state index in [-0.39, 0.29) is 6.61 Å². The van der Waals surface area contributed by atoms with Crippen molar-refractivity contribution >= 4 is 0 Å². The number of para-hydroxylation sites is 1. The SMILES string of the molecule is CC(O)(CCc1ccccc1)CC(CO)Oc1ccccc1. The Labute approximate surface area is 132 Å². The fourth-order valence-corrected chi connectivity index (χ4v) is 2.49. The molecule has 0 aromatic heterocycles. The lowest BCUT2D eigenvalue weighted by Crippen LogP contribution is -2.35. The number of hydrogen-bond donors (Lipinski definition) is 2. The molecule has 0 aliphatic carbocycles. The normalized spacial score (nSPS) is 15.0. The fourth-order valence-electron chi connectivity index (χ4n) is 2.49. The van der Waals surface area contributed by atoms with Crippen LogP contribution in [0, 0.1) is 0 Å². The predicted octanol–water partition coefficient (Wildman–Crippen LogP) is 3.20. The monoisotopic (exact) mass is 300 g/mol. The Morgan fingerprint density at radius 1 is 1.00 bits per heavy atom. The average molecular weight is 300 g/mol. The maximum atomic E-state index is 10.6. The summed E-state index contributed by atoms with van der Waals surface area (Å²) < 4.78 is 5.74. The minimum atomic E-state index is -0.877. The quantitative estimate of drug-likeness (QED) is 0.787. The smallest absolute Gasteiger partial charge is 0.124 e. The first-order valence-corrected chi connectivity index (χ1v) is 7.68. The Morgan fingerprint density at radius 3 is 2.18 bits per heavy atom. The van der Waals surface area contributed by atoms with Crippen molar-refractivity contribution in [2.75, 3.05) is 6.61 Å². The molecule has 0 heterocycles. The van der Waals surface area contributed by atoms with Crippen molar-refractivity contribution in [2.45, 2.75) is 37.9 Å². The van der Waals surface area contributed by atoms with Crippen molar-refractivity contribution in [2.24, 2.45) is 0 Å². The molecule has 0 fully saturated rings. The van der Waals surface area contributed by atoms with E-state index in [0.29, 0.717) is 18.6 Å². The van der Waals surface area contributed by atoms with Gasteiger partial charge >= 0.3 is 0 Å². The van der Waals surface area contributed by atoms with Crippen molar-refractivity contribution in [3.8, 4) is 5.75 Å². The second kappa shape index (κ2) is 7.97. The van der Waals surface area contributed by atoms with E-state index in [1.54, 1.807) is 6.92 Å². The fraction of sp³-hybridized carbons (Fsp3) is 0.368. The number of aryl methyl sites for hydroxylation is 1. The Balaban J connectivity index is 1.88. The summed E-state index contributed by atoms with van der Waals surface area (Å²) in [5, 5.41) is 20.1. The van der Waals surface area contributed by atoms with Crippen LogP contribution >= 0.6 is 0 Å². The van der Waals surface area contributed by atoms with Crippen LogP contribution < -0.4 is 4.74 Å². The highest BCUT2D eigenvalue weighted by atomic mass is 16.5. The molecular formula is C19H24O3. The number of hydrogen-bond acceptors (Lipinski definition) is 3. The van der Waals surface area contributed by atoms with E-state index in [1.807, 2.05) is 48.5 Å². The van der Waals surface area contributed by atoms with Crippen LogP contribution in [-0.4, -0.2) is 28.5 Å². The van der Waals surface area contributed by atoms with Crippen LogP contribution in [0.25, 0.3) is 0 Å². The predicted molar refractivity (Wildman–Crippen MR) is 87.9 cm³/mol. The molecule has 0 bridgehead atoms. The summed E-state index contributed by atoms with van der Waals surface area (Å²) in [7, 11) is 0. The molecule has 0 saturated carbocycles. The number of ether oxygens (including phenoxy) is 1. The van der Waals surface area contributed by atoms with Gasteiger partial charge in [-0.25, -0.2) is 0 Å². The molecule has 3 heteroatoms. The summed E-state index contributed by atoms with van der Waals surface area (Å²) in [6.45, 7) is 1.68. The van der Waals surface area contributed by atoms with Crippen LogP contribution in [0.5, 0.6) is 5.75 Å². The van der Waals surface area contributed by atoms with Crippen molar-refractivity contribution < 1.29 is 14.9 Å². The minimum absolute atomic E-state index is 0.115. The minimum Gasteiger partial charge on any atom is -0.488 e. The van der Waals surface area contributed by atoms with Crippen molar-refractivity contribution in [3.63, 3.8) is 0 Å². The highest BCUT2D eigenvalue weighted by molar-refractivity contribution is 5.21. The third-order valence-electron chi connectivity index (χ3n) is 3.71. The Kier molecular flexibility index (Phi) is 5.99. The molecule has 118 valence electrons. The van der Waals surface area contributed by atoms with Gasteiger partial charge in [0.15, 0.2) is 0 Å². The highest BCUT2D eigenvalue weighted by Gasteiger charge is 2.26. The number of rotatable bonds is 8. The molecule has 22 heavy (non-hydrogen) atoms. The molecule has 2 aromatic carbocycles. The molecule has 2 N–H and O–H groups in total. The molecule has 2 aromatic rings. The third kappa shape index (κ3) is 5.51. The lowest BCUT2D eigenvalue weighted by atomic mass is 9.91. The van der Waals surface area contributed by atoms with Gasteiger partial charge < -0.3 is 14.9 Å². The van der Waals surface area contributed by atoms with Gasteiger partial charge in [0.2, 0.25) is 0 Å². The van der Waals surface area contributed by atoms with E-state index in [9.17, 15) is 10.2 Å². The summed E-state index contributed by atoms with van der Waals surface area (Å²) in [6, 6.07) is 19.5. The number of benzene rings is 2. The molecule has 0 aliphatic heterocycles. The molecule has 3 nitrogen and oxygen atoms in total. The van der Waals surface area contributed by atoms with E-state index >= 15 is 0 Å². The van der Waals surface area contributed by atoms with E-state index in [2.05, 4.69) is 12.1 Å². The zero-order valence-corrected chi connectivity index (χ0v) is 13.0. The summed E-state index contributed by atoms with van der Waals surface area (Å²) in [6.07, 6.45) is 1.42. The topological polar surface area (TPSA) is 49.7 Å². The third-order valence-corrected chi connectivity index (χ3v) is 3.71. The summed E-state index contributed by atoms with van der Waals surface area (Å²) in [5.74, 6) is 0.709. The lowest BCUT2D eigenvalue weighted by Gasteiger charge is -2.28. The zero-order chi connectivity index (χ0) is 15.8. The highest BCUT2D eigenvalue weighted by Crippen LogP contribution is 2.22. The molecule has 0 radical (unpaired) electrons. The van der Waals surface area contributed by atoms with Crippen molar-refractivity contribution in [3.05, 3.63) is 66.2 Å². The van der Waals surface area contributed by atoms with Crippen molar-refractivity contribution in [1.82, 2.24) is 0 Å². The molecule has 2 rings (SSSR count). The second-order valence-electron chi connectivity index (χ2n) is 5.92. The Hall–Kier alpha value is -1.84. The summed E-state index contributed by atoms with van der Waals surface area (Å²) in [5.41, 5.74) is 0.324. The Morgan fingerprint density at radius 2 is 1.59 bits per heavy atom. The largest absolute Gasteiger partial charge is 0.488 e. The van der Waals surface area contributed by atoms with Gasteiger partial charge in [-0.05, 0) is 37.5 Å². The molecule has 0 saturated heterocycles. The van der Waals surface area contributed by atoms with Gasteiger partial charge in [-0.3, -0.25) is 0 Å². The van der Waals surface area contributed by atoms with Gasteiger partial charge in [-0.1, -0.05) is 48.5 Å². The van der Waals surface area contributed by atoms with Crippen LogP contribution in [0.1, 0.15) is 25.3 Å². The first-order valence-electron chi connectivity index (χ1n) is 7.68. The van der Waals surface area contributed by atoms with E-state index in [1.165, 1.54) is 5.56 Å². The Bertz CT molecular complexity index is 537. The van der Waals surface area contributed by atoms with Gasteiger partial charge in [0.05, 0.1) is 12.2 Å². The van der Waals surface area contributed by atoms with E-state index in [0.717, 1.165) is 6.42 Å². The summed E-state index contributed by atoms with van der Waals surface area (Å²) in [4.78, 5) is 0. The molecule has 0 amide bonds. The van der Waals surface area contributed by atoms with Gasteiger partial charge in [0.25, 0.3) is 0 Å². The first-order chi connectivity index (χ1) is 10.6. The first kappa shape index (κ1) is 16.5.